The van der Waals surface area contributed by atoms with Crippen LogP contribution in [-0.2, 0) is 15.9 Å². The first-order valence-corrected chi connectivity index (χ1v) is 2.71. The summed E-state index contributed by atoms with van der Waals surface area (Å²) in [5.41, 5.74) is -2.30. The van der Waals surface area contributed by atoms with Crippen molar-refractivity contribution in [3.8, 4) is 0 Å². The maximum Gasteiger partial charge on any atom is 1.00 e. The van der Waals surface area contributed by atoms with Crippen LogP contribution in [0.15, 0.2) is 0 Å². The van der Waals surface area contributed by atoms with E-state index >= 15 is 0 Å². The number of carbonyl (C=O) groups is 1. The summed E-state index contributed by atoms with van der Waals surface area (Å²) in [4.78, 5) is 9.43. The molecule has 0 radical (unpaired) electrons. The summed E-state index contributed by atoms with van der Waals surface area (Å²) in [5.74, 6) is -1.95. The summed E-state index contributed by atoms with van der Waals surface area (Å²) >= 11 is -2.75. The summed E-state index contributed by atoms with van der Waals surface area (Å²) < 4.78 is 17.4. The van der Waals surface area contributed by atoms with Crippen LogP contribution in [0.4, 0.5) is 0 Å². The molecule has 5 nitrogen and oxygen atoms in total. The topological polar surface area (TPSA) is 97.7 Å². The number of hydrogen-bond acceptors (Lipinski definition) is 4. The van der Waals surface area contributed by atoms with Gasteiger partial charge in [0.1, 0.15) is 0 Å². The molecule has 0 amide bonds. The third kappa shape index (κ3) is 7.64. The number of hydrogen-bond donors (Lipinski definition) is 2. The van der Waals surface area contributed by atoms with Crippen molar-refractivity contribution in [2.24, 2.45) is 0 Å². The number of aliphatic hydroxyl groups excluding tert-OH is 1. The fourth-order valence-electron chi connectivity index (χ4n) is 0.0823. The van der Waals surface area contributed by atoms with Crippen LogP contribution in [0, 0.1) is 0 Å². The molecule has 0 rings (SSSR count). The smallest absolute Gasteiger partial charge is 0.546 e. The molecule has 2 atom stereocenters. The summed E-state index contributed by atoms with van der Waals surface area (Å²) in [7, 11) is 0. The Balaban J connectivity index is -0.000000245. The van der Waals surface area contributed by atoms with E-state index in [-0.39, 0.29) is 59.1 Å². The normalized spacial score (nSPS) is 13.8. The van der Waals surface area contributed by atoms with Gasteiger partial charge in [0.15, 0.2) is 16.5 Å². The van der Waals surface area contributed by atoms with Gasteiger partial charge in [0.25, 0.3) is 0 Å². The fourth-order valence-corrected chi connectivity index (χ4v) is 0.247. The van der Waals surface area contributed by atoms with Crippen molar-refractivity contribution in [3.05, 3.63) is 0 Å². The Hall–Kier alpha value is 1.54. The van der Waals surface area contributed by atoms with Crippen molar-refractivity contribution in [2.75, 3.05) is 0 Å². The first-order valence-electron chi connectivity index (χ1n) is 1.54. The zero-order chi connectivity index (χ0) is 6.73. The molecule has 0 aliphatic rings. The van der Waals surface area contributed by atoms with E-state index in [4.69, 9.17) is 9.66 Å². The van der Waals surface area contributed by atoms with Gasteiger partial charge in [-0.05, 0) is 0 Å². The molecule has 0 aliphatic carbocycles. The summed E-state index contributed by atoms with van der Waals surface area (Å²) in [5, 5.41) is 17.4. The van der Waals surface area contributed by atoms with Gasteiger partial charge in [-0.2, -0.15) is 0 Å². The van der Waals surface area contributed by atoms with Crippen LogP contribution in [0.25, 0.3) is 0 Å². The average molecular weight is 185 g/mol. The van der Waals surface area contributed by atoms with Gasteiger partial charge in [0.05, 0.1) is 5.97 Å². The Morgan fingerprint density at radius 1 is 1.50 bits per heavy atom. The van der Waals surface area contributed by atoms with E-state index in [9.17, 15) is 14.1 Å². The van der Waals surface area contributed by atoms with Crippen LogP contribution in [0.3, 0.4) is 0 Å². The Kier molecular flexibility index (Phi) is 15.2. The summed E-state index contributed by atoms with van der Waals surface area (Å²) in [6.45, 7) is 0. The molecule has 2 N–H and O–H groups in total. The van der Waals surface area contributed by atoms with E-state index < -0.39 is 22.5 Å². The second-order valence-electron chi connectivity index (χ2n) is 0.948. The van der Waals surface area contributed by atoms with Gasteiger partial charge in [-0.1, -0.05) is 0 Å². The third-order valence-electron chi connectivity index (χ3n) is 0.393. The zero-order valence-electron chi connectivity index (χ0n) is 5.60. The Morgan fingerprint density at radius 2 is 1.80 bits per heavy atom. The van der Waals surface area contributed by atoms with Crippen molar-refractivity contribution in [3.63, 3.8) is 0 Å². The summed E-state index contributed by atoms with van der Waals surface area (Å²) in [6, 6.07) is 0. The Bertz CT molecular complexity index is 113. The van der Waals surface area contributed by atoms with Gasteiger partial charge in [-0.25, -0.2) is 4.21 Å². The standard InChI is InChI=1S/C2H4O5S.2Na/c3-1(4)2(5)8(6)7;;/h2,5H,(H,3,4)(H,6,7);;/q;2*+1/p-1. The molecule has 0 aliphatic heterocycles. The number of aliphatic carboxylic acids is 1. The summed E-state index contributed by atoms with van der Waals surface area (Å²) in [6.07, 6.45) is 0. The first-order chi connectivity index (χ1) is 3.55. The van der Waals surface area contributed by atoms with Crippen LogP contribution in [0.1, 0.15) is 0 Å². The van der Waals surface area contributed by atoms with Gasteiger partial charge >= 0.3 is 59.1 Å². The molecule has 0 aromatic heterocycles. The number of carboxylic acid groups (broad SMARTS) is 1. The molecule has 0 fully saturated rings. The molecule has 0 aromatic carbocycles. The third-order valence-corrected chi connectivity index (χ3v) is 0.967. The molecule has 10 heavy (non-hydrogen) atoms. The van der Waals surface area contributed by atoms with Crippen LogP contribution in [0.2, 0.25) is 0 Å². The SMILES string of the molecule is O=C([O-])C(O)S(=O)O.[Na+].[Na+]. The van der Waals surface area contributed by atoms with E-state index in [0.717, 1.165) is 0 Å². The number of rotatable bonds is 2. The second-order valence-corrected chi connectivity index (χ2v) is 1.95. The quantitative estimate of drug-likeness (QED) is 0.329. The minimum atomic E-state index is -2.75. The molecule has 0 saturated heterocycles. The molecule has 8 heteroatoms. The average Bonchev–Trinajstić information content (AvgIpc) is 1.64. The van der Waals surface area contributed by atoms with Crippen molar-refractivity contribution in [1.82, 2.24) is 0 Å². The van der Waals surface area contributed by atoms with Crippen LogP contribution in [-0.4, -0.2) is 25.3 Å². The maximum absolute atomic E-state index is 9.58. The van der Waals surface area contributed by atoms with Gasteiger partial charge in [-0.15, -0.1) is 0 Å². The second kappa shape index (κ2) is 8.63. The maximum atomic E-state index is 9.58. The predicted molar refractivity (Wildman–Crippen MR) is 21.8 cm³/mol. The minimum Gasteiger partial charge on any atom is -0.546 e. The Labute approximate surface area is 104 Å². The monoisotopic (exact) mass is 185 g/mol. The van der Waals surface area contributed by atoms with E-state index in [1.165, 1.54) is 0 Å². The molecule has 0 spiro atoms. The van der Waals surface area contributed by atoms with E-state index in [2.05, 4.69) is 0 Å². The van der Waals surface area contributed by atoms with Crippen molar-refractivity contribution >= 4 is 17.0 Å². The van der Waals surface area contributed by atoms with Gasteiger partial charge in [0, 0.05) is 0 Å². The number of carbonyl (C=O) groups excluding carboxylic acids is 1. The van der Waals surface area contributed by atoms with Crippen molar-refractivity contribution in [1.29, 1.82) is 0 Å². The number of aliphatic hydroxyl groups is 1. The molecule has 0 aromatic rings. The minimum absolute atomic E-state index is 0. The Morgan fingerprint density at radius 3 is 1.80 bits per heavy atom. The fraction of sp³-hybridized carbons (Fsp3) is 0.500. The molecule has 0 heterocycles. The molecular weight excluding hydrogens is 182 g/mol. The molecule has 2 unspecified atom stereocenters. The zero-order valence-corrected chi connectivity index (χ0v) is 10.4. The molecule has 0 saturated carbocycles. The molecule has 0 bridgehead atoms. The predicted octanol–water partition coefficient (Wildman–Crippen LogP) is -8.72. The largest absolute Gasteiger partial charge is 1.00 e. The van der Waals surface area contributed by atoms with E-state index in [1.54, 1.807) is 0 Å². The molecular formula is C2H3Na2O5S+. The van der Waals surface area contributed by atoms with Gasteiger partial charge < -0.3 is 19.6 Å². The van der Waals surface area contributed by atoms with Crippen LogP contribution >= 0.6 is 0 Å². The van der Waals surface area contributed by atoms with Gasteiger partial charge in [-0.3, -0.25) is 0 Å². The van der Waals surface area contributed by atoms with Crippen LogP contribution < -0.4 is 64.2 Å². The van der Waals surface area contributed by atoms with E-state index in [0.29, 0.717) is 0 Å². The van der Waals surface area contributed by atoms with E-state index in [1.807, 2.05) is 0 Å². The van der Waals surface area contributed by atoms with Crippen LogP contribution in [0.5, 0.6) is 0 Å². The van der Waals surface area contributed by atoms with Crippen molar-refractivity contribution < 1.29 is 82.9 Å². The van der Waals surface area contributed by atoms with Crippen molar-refractivity contribution in [2.45, 2.75) is 5.44 Å². The first kappa shape index (κ1) is 17.6. The molecule has 48 valence electrons. The van der Waals surface area contributed by atoms with Gasteiger partial charge in [0.2, 0.25) is 0 Å². The number of carboxylic acids is 1.